The molecule has 0 fully saturated rings. The first-order chi connectivity index (χ1) is 12.7. The zero-order valence-electron chi connectivity index (χ0n) is 14.6. The van der Waals surface area contributed by atoms with Crippen LogP contribution >= 0.6 is 0 Å². The minimum atomic E-state index is -0.409. The molecule has 0 aromatic heterocycles. The molecule has 3 nitrogen and oxygen atoms in total. The van der Waals surface area contributed by atoms with Crippen LogP contribution < -0.4 is 9.47 Å². The second kappa shape index (κ2) is 8.67. The first-order valence-electron chi connectivity index (χ1n) is 8.40. The average molecular weight is 344 g/mol. The molecule has 3 heteroatoms. The van der Waals surface area contributed by atoms with Gasteiger partial charge in [0.15, 0.2) is 0 Å². The number of benzene rings is 3. The average Bonchev–Trinajstić information content (AvgIpc) is 2.69. The molecule has 0 aliphatic rings. The van der Waals surface area contributed by atoms with Crippen LogP contribution in [-0.2, 0) is 11.2 Å². The highest BCUT2D eigenvalue weighted by atomic mass is 16.5. The molecule has 130 valence electrons. The molecule has 3 aromatic rings. The number of esters is 1. The lowest BCUT2D eigenvalue weighted by molar-refractivity contribution is -0.128. The summed E-state index contributed by atoms with van der Waals surface area (Å²) in [5, 5.41) is 0. The predicted molar refractivity (Wildman–Crippen MR) is 103 cm³/mol. The van der Waals surface area contributed by atoms with Crippen molar-refractivity contribution in [1.82, 2.24) is 0 Å². The Balaban J connectivity index is 1.70. The van der Waals surface area contributed by atoms with Crippen molar-refractivity contribution in [1.29, 1.82) is 0 Å². The highest BCUT2D eigenvalue weighted by molar-refractivity contribution is 5.89. The van der Waals surface area contributed by atoms with Gasteiger partial charge in [-0.05, 0) is 41.0 Å². The van der Waals surface area contributed by atoms with E-state index in [1.807, 2.05) is 66.7 Å². The minimum absolute atomic E-state index is 0.409. The molecule has 0 aliphatic heterocycles. The van der Waals surface area contributed by atoms with Crippen LogP contribution in [0, 0.1) is 0 Å². The van der Waals surface area contributed by atoms with E-state index in [0.717, 1.165) is 16.9 Å². The maximum absolute atomic E-state index is 12.2. The van der Waals surface area contributed by atoms with Gasteiger partial charge in [-0.2, -0.15) is 0 Å². The summed E-state index contributed by atoms with van der Waals surface area (Å²) >= 11 is 0. The van der Waals surface area contributed by atoms with Gasteiger partial charge in [0.1, 0.15) is 11.5 Å². The van der Waals surface area contributed by atoms with Crippen LogP contribution in [0.25, 0.3) is 6.08 Å². The van der Waals surface area contributed by atoms with Crippen molar-refractivity contribution in [3.8, 4) is 11.5 Å². The Labute approximate surface area is 153 Å². The lowest BCUT2D eigenvalue weighted by atomic mass is 10.0. The molecule has 3 aromatic carbocycles. The SMILES string of the molecule is COc1cccc(/C=C/C(=O)Oc2ccccc2Cc2ccccc2)c1. The molecule has 0 spiro atoms. The van der Waals surface area contributed by atoms with Crippen molar-refractivity contribution in [2.75, 3.05) is 7.11 Å². The molecule has 0 saturated heterocycles. The van der Waals surface area contributed by atoms with Crippen LogP contribution in [0.2, 0.25) is 0 Å². The van der Waals surface area contributed by atoms with E-state index in [1.165, 1.54) is 11.6 Å². The molecule has 3 rings (SSSR count). The van der Waals surface area contributed by atoms with Gasteiger partial charge in [-0.15, -0.1) is 0 Å². The number of hydrogen-bond acceptors (Lipinski definition) is 3. The first kappa shape index (κ1) is 17.5. The summed E-state index contributed by atoms with van der Waals surface area (Å²) in [4.78, 5) is 12.2. The number of rotatable bonds is 6. The zero-order valence-corrected chi connectivity index (χ0v) is 14.6. The van der Waals surface area contributed by atoms with Crippen molar-refractivity contribution in [3.05, 3.63) is 102 Å². The van der Waals surface area contributed by atoms with Crippen LogP contribution in [0.15, 0.2) is 84.9 Å². The third-order valence-electron chi connectivity index (χ3n) is 3.93. The minimum Gasteiger partial charge on any atom is -0.497 e. The number of ether oxygens (including phenoxy) is 2. The Kier molecular flexibility index (Phi) is 5.84. The van der Waals surface area contributed by atoms with E-state index >= 15 is 0 Å². The third kappa shape index (κ3) is 4.84. The number of methoxy groups -OCH3 is 1. The van der Waals surface area contributed by atoms with Gasteiger partial charge in [-0.3, -0.25) is 0 Å². The fraction of sp³-hybridized carbons (Fsp3) is 0.0870. The van der Waals surface area contributed by atoms with E-state index in [2.05, 4.69) is 12.1 Å². The molecule has 0 N–H and O–H groups in total. The van der Waals surface area contributed by atoms with E-state index in [1.54, 1.807) is 13.2 Å². The Hall–Kier alpha value is -3.33. The maximum atomic E-state index is 12.2. The second-order valence-corrected chi connectivity index (χ2v) is 5.80. The third-order valence-corrected chi connectivity index (χ3v) is 3.93. The van der Waals surface area contributed by atoms with E-state index in [9.17, 15) is 4.79 Å². The number of carbonyl (C=O) groups is 1. The topological polar surface area (TPSA) is 35.5 Å². The van der Waals surface area contributed by atoms with Crippen molar-refractivity contribution in [2.24, 2.45) is 0 Å². The lowest BCUT2D eigenvalue weighted by Gasteiger charge is -2.09. The largest absolute Gasteiger partial charge is 0.497 e. The molecular weight excluding hydrogens is 324 g/mol. The van der Waals surface area contributed by atoms with Gasteiger partial charge in [0.05, 0.1) is 7.11 Å². The molecule has 0 atom stereocenters. The monoisotopic (exact) mass is 344 g/mol. The van der Waals surface area contributed by atoms with Crippen LogP contribution in [0.4, 0.5) is 0 Å². The quantitative estimate of drug-likeness (QED) is 0.362. The Morgan fingerprint density at radius 3 is 2.50 bits per heavy atom. The second-order valence-electron chi connectivity index (χ2n) is 5.80. The lowest BCUT2D eigenvalue weighted by Crippen LogP contribution is -2.06. The molecule has 0 radical (unpaired) electrons. The Bertz CT molecular complexity index is 898. The number of hydrogen-bond donors (Lipinski definition) is 0. The van der Waals surface area contributed by atoms with E-state index < -0.39 is 5.97 Å². The van der Waals surface area contributed by atoms with Crippen LogP contribution in [-0.4, -0.2) is 13.1 Å². The predicted octanol–water partition coefficient (Wildman–Crippen LogP) is 4.90. The van der Waals surface area contributed by atoms with Crippen molar-refractivity contribution in [3.63, 3.8) is 0 Å². The maximum Gasteiger partial charge on any atom is 0.336 e. The fourth-order valence-corrected chi connectivity index (χ4v) is 2.62. The van der Waals surface area contributed by atoms with Gasteiger partial charge in [0, 0.05) is 12.5 Å². The van der Waals surface area contributed by atoms with Crippen molar-refractivity contribution < 1.29 is 14.3 Å². The highest BCUT2D eigenvalue weighted by Crippen LogP contribution is 2.22. The molecule has 26 heavy (non-hydrogen) atoms. The Morgan fingerprint density at radius 1 is 0.923 bits per heavy atom. The summed E-state index contributed by atoms with van der Waals surface area (Å²) < 4.78 is 10.7. The van der Waals surface area contributed by atoms with E-state index in [0.29, 0.717) is 12.2 Å². The number of carbonyl (C=O) groups excluding carboxylic acids is 1. The van der Waals surface area contributed by atoms with Crippen LogP contribution in [0.5, 0.6) is 11.5 Å². The number of para-hydroxylation sites is 1. The summed E-state index contributed by atoms with van der Waals surface area (Å²) in [7, 11) is 1.61. The van der Waals surface area contributed by atoms with Gasteiger partial charge < -0.3 is 9.47 Å². The smallest absolute Gasteiger partial charge is 0.336 e. The van der Waals surface area contributed by atoms with Gasteiger partial charge >= 0.3 is 5.97 Å². The molecular formula is C23H20O3. The molecule has 0 bridgehead atoms. The first-order valence-corrected chi connectivity index (χ1v) is 8.40. The summed E-state index contributed by atoms with van der Waals surface area (Å²) in [6.07, 6.45) is 3.85. The molecule has 0 unspecified atom stereocenters. The van der Waals surface area contributed by atoms with Gasteiger partial charge in [0.2, 0.25) is 0 Å². The fourth-order valence-electron chi connectivity index (χ4n) is 2.62. The highest BCUT2D eigenvalue weighted by Gasteiger charge is 2.07. The summed E-state index contributed by atoms with van der Waals surface area (Å²) in [5.41, 5.74) is 3.02. The summed E-state index contributed by atoms with van der Waals surface area (Å²) in [6, 6.07) is 25.2. The van der Waals surface area contributed by atoms with Crippen LogP contribution in [0.3, 0.4) is 0 Å². The summed E-state index contributed by atoms with van der Waals surface area (Å²) in [5.74, 6) is 0.915. The zero-order chi connectivity index (χ0) is 18.2. The normalized spacial score (nSPS) is 10.7. The van der Waals surface area contributed by atoms with E-state index in [-0.39, 0.29) is 0 Å². The van der Waals surface area contributed by atoms with Gasteiger partial charge in [-0.25, -0.2) is 4.79 Å². The van der Waals surface area contributed by atoms with Gasteiger partial charge in [-0.1, -0.05) is 60.7 Å². The standard InChI is InChI=1S/C23H20O3/c1-25-21-12-7-10-19(17-21)14-15-23(24)26-22-13-6-5-11-20(22)16-18-8-3-2-4-9-18/h2-15,17H,16H2,1H3/b15-14+. The van der Waals surface area contributed by atoms with Crippen LogP contribution in [0.1, 0.15) is 16.7 Å². The summed E-state index contributed by atoms with van der Waals surface area (Å²) in [6.45, 7) is 0. The molecule has 0 amide bonds. The molecule has 0 heterocycles. The molecule has 0 saturated carbocycles. The Morgan fingerprint density at radius 2 is 1.69 bits per heavy atom. The van der Waals surface area contributed by atoms with Crippen molar-refractivity contribution >= 4 is 12.0 Å². The van der Waals surface area contributed by atoms with Crippen molar-refractivity contribution in [2.45, 2.75) is 6.42 Å². The molecule has 0 aliphatic carbocycles. The van der Waals surface area contributed by atoms with E-state index in [4.69, 9.17) is 9.47 Å². The van der Waals surface area contributed by atoms with Gasteiger partial charge in [0.25, 0.3) is 0 Å².